The molecule has 0 radical (unpaired) electrons. The standard InChI is InChI=1S/C17H20FN5O2/c1-17(10-24,11-25)9-22(2)15-7-6-14-19-20-16(23(14)21-15)12-4-3-5-13(18)8-12/h3-8,24-25H,9-11H2,1-2H3. The van der Waals surface area contributed by atoms with Crippen LogP contribution in [0.2, 0.25) is 0 Å². The van der Waals surface area contributed by atoms with Gasteiger partial charge >= 0.3 is 0 Å². The van der Waals surface area contributed by atoms with Crippen LogP contribution in [0.1, 0.15) is 6.92 Å². The Bertz CT molecular complexity index is 878. The Morgan fingerprint density at radius 1 is 1.16 bits per heavy atom. The molecule has 0 aliphatic carbocycles. The molecule has 7 nitrogen and oxygen atoms in total. The van der Waals surface area contributed by atoms with E-state index in [-0.39, 0.29) is 19.0 Å². The van der Waals surface area contributed by atoms with Gasteiger partial charge in [0.05, 0.1) is 13.2 Å². The van der Waals surface area contributed by atoms with Crippen molar-refractivity contribution >= 4 is 11.5 Å². The first-order valence-electron chi connectivity index (χ1n) is 7.87. The van der Waals surface area contributed by atoms with E-state index in [1.165, 1.54) is 12.1 Å². The summed E-state index contributed by atoms with van der Waals surface area (Å²) in [5.41, 5.74) is 0.475. The molecule has 2 N–H and O–H groups in total. The van der Waals surface area contributed by atoms with Crippen LogP contribution >= 0.6 is 0 Å². The second-order valence-corrected chi connectivity index (χ2v) is 6.48. The highest BCUT2D eigenvalue weighted by Gasteiger charge is 2.25. The fraction of sp³-hybridized carbons (Fsp3) is 0.353. The zero-order valence-electron chi connectivity index (χ0n) is 14.1. The molecule has 0 bridgehead atoms. The molecule has 0 spiro atoms. The predicted molar refractivity (Wildman–Crippen MR) is 91.7 cm³/mol. The number of fused-ring (bicyclic) bond motifs is 1. The highest BCUT2D eigenvalue weighted by molar-refractivity contribution is 5.59. The Hall–Kier alpha value is -2.58. The van der Waals surface area contributed by atoms with Crippen molar-refractivity contribution in [3.8, 4) is 11.4 Å². The Balaban J connectivity index is 1.98. The first-order chi connectivity index (χ1) is 12.0. The average molecular weight is 345 g/mol. The molecular formula is C17H20FN5O2. The summed E-state index contributed by atoms with van der Waals surface area (Å²) in [6, 6.07) is 9.65. The third kappa shape index (κ3) is 3.45. The highest BCUT2D eigenvalue weighted by Crippen LogP contribution is 2.22. The van der Waals surface area contributed by atoms with Gasteiger partial charge in [-0.1, -0.05) is 19.1 Å². The van der Waals surface area contributed by atoms with Gasteiger partial charge in [0.2, 0.25) is 0 Å². The fourth-order valence-electron chi connectivity index (χ4n) is 2.59. The minimum Gasteiger partial charge on any atom is -0.396 e. The van der Waals surface area contributed by atoms with Crippen LogP contribution < -0.4 is 4.90 Å². The number of rotatable bonds is 6. The molecule has 0 amide bonds. The maximum Gasteiger partial charge on any atom is 0.185 e. The van der Waals surface area contributed by atoms with E-state index >= 15 is 0 Å². The lowest BCUT2D eigenvalue weighted by Crippen LogP contribution is -2.39. The second-order valence-electron chi connectivity index (χ2n) is 6.48. The van der Waals surface area contributed by atoms with Gasteiger partial charge in [-0.3, -0.25) is 0 Å². The number of anilines is 1. The van der Waals surface area contributed by atoms with Crippen LogP contribution in [0.25, 0.3) is 17.0 Å². The minimum atomic E-state index is -0.649. The molecule has 132 valence electrons. The molecule has 0 aliphatic rings. The SMILES string of the molecule is CN(CC(C)(CO)CO)c1ccc2nnc(-c3cccc(F)c3)n2n1. The largest absolute Gasteiger partial charge is 0.396 e. The minimum absolute atomic E-state index is 0.142. The average Bonchev–Trinajstić information content (AvgIpc) is 3.04. The molecule has 2 heterocycles. The number of aliphatic hydroxyl groups excluding tert-OH is 2. The summed E-state index contributed by atoms with van der Waals surface area (Å²) in [7, 11) is 1.82. The van der Waals surface area contributed by atoms with E-state index in [2.05, 4.69) is 15.3 Å². The molecule has 3 aromatic rings. The first-order valence-corrected chi connectivity index (χ1v) is 7.87. The molecule has 0 saturated carbocycles. The summed E-state index contributed by atoms with van der Waals surface area (Å²) < 4.78 is 15.0. The number of aliphatic hydroxyl groups is 2. The van der Waals surface area contributed by atoms with E-state index in [9.17, 15) is 14.6 Å². The number of hydrogen-bond donors (Lipinski definition) is 2. The van der Waals surface area contributed by atoms with Crippen molar-refractivity contribution < 1.29 is 14.6 Å². The molecule has 0 fully saturated rings. The maximum atomic E-state index is 13.5. The van der Waals surface area contributed by atoms with E-state index in [0.29, 0.717) is 29.4 Å². The third-order valence-electron chi connectivity index (χ3n) is 4.10. The van der Waals surface area contributed by atoms with E-state index in [4.69, 9.17) is 0 Å². The van der Waals surface area contributed by atoms with E-state index < -0.39 is 5.41 Å². The maximum absolute atomic E-state index is 13.5. The lowest BCUT2D eigenvalue weighted by atomic mass is 9.92. The molecule has 25 heavy (non-hydrogen) atoms. The van der Waals surface area contributed by atoms with Crippen molar-refractivity contribution in [2.45, 2.75) is 6.92 Å². The molecule has 0 unspecified atom stereocenters. The van der Waals surface area contributed by atoms with Crippen molar-refractivity contribution in [2.75, 3.05) is 31.7 Å². The summed E-state index contributed by atoms with van der Waals surface area (Å²) in [6.07, 6.45) is 0. The van der Waals surface area contributed by atoms with Crippen molar-refractivity contribution in [2.24, 2.45) is 5.41 Å². The van der Waals surface area contributed by atoms with Crippen LogP contribution in [-0.2, 0) is 0 Å². The molecule has 0 aliphatic heterocycles. The number of nitrogens with zero attached hydrogens (tertiary/aromatic N) is 5. The Labute approximate surface area is 144 Å². The first kappa shape index (κ1) is 17.2. The van der Waals surface area contributed by atoms with Gasteiger partial charge in [-0.15, -0.1) is 15.3 Å². The van der Waals surface area contributed by atoms with Gasteiger partial charge in [0.25, 0.3) is 0 Å². The Morgan fingerprint density at radius 2 is 1.92 bits per heavy atom. The number of hydrogen-bond acceptors (Lipinski definition) is 6. The number of aromatic nitrogens is 4. The molecule has 0 atom stereocenters. The number of halogens is 1. The summed E-state index contributed by atoms with van der Waals surface area (Å²) in [5.74, 6) is 0.707. The van der Waals surface area contributed by atoms with Gasteiger partial charge < -0.3 is 15.1 Å². The van der Waals surface area contributed by atoms with Crippen LogP contribution in [0.15, 0.2) is 36.4 Å². The van der Waals surface area contributed by atoms with Crippen LogP contribution in [0.4, 0.5) is 10.2 Å². The van der Waals surface area contributed by atoms with E-state index in [0.717, 1.165) is 0 Å². The normalized spacial score (nSPS) is 11.9. The molecule has 1 aromatic carbocycles. The van der Waals surface area contributed by atoms with Crippen LogP contribution in [0.3, 0.4) is 0 Å². The highest BCUT2D eigenvalue weighted by atomic mass is 19.1. The van der Waals surface area contributed by atoms with Crippen LogP contribution in [0.5, 0.6) is 0 Å². The van der Waals surface area contributed by atoms with Crippen LogP contribution in [-0.4, -0.2) is 56.8 Å². The molecule has 8 heteroatoms. The fourth-order valence-corrected chi connectivity index (χ4v) is 2.59. The van der Waals surface area contributed by atoms with E-state index in [1.54, 1.807) is 35.7 Å². The lowest BCUT2D eigenvalue weighted by Gasteiger charge is -2.30. The van der Waals surface area contributed by atoms with E-state index in [1.807, 2.05) is 11.9 Å². The molecule has 0 saturated heterocycles. The third-order valence-corrected chi connectivity index (χ3v) is 4.10. The van der Waals surface area contributed by atoms with Gasteiger partial charge in [-0.05, 0) is 24.3 Å². The Kier molecular flexibility index (Phi) is 4.65. The summed E-state index contributed by atoms with van der Waals surface area (Å²) >= 11 is 0. The second kappa shape index (κ2) is 6.73. The topological polar surface area (TPSA) is 86.8 Å². The Morgan fingerprint density at radius 3 is 2.60 bits per heavy atom. The van der Waals surface area contributed by atoms with Gasteiger partial charge in [-0.2, -0.15) is 4.52 Å². The summed E-state index contributed by atoms with van der Waals surface area (Å²) in [4.78, 5) is 1.83. The van der Waals surface area contributed by atoms with Crippen molar-refractivity contribution in [1.29, 1.82) is 0 Å². The zero-order chi connectivity index (χ0) is 18.0. The zero-order valence-corrected chi connectivity index (χ0v) is 14.1. The monoisotopic (exact) mass is 345 g/mol. The van der Waals surface area contributed by atoms with Gasteiger partial charge in [0.1, 0.15) is 11.6 Å². The number of benzene rings is 1. The lowest BCUT2D eigenvalue weighted by molar-refractivity contribution is 0.0761. The van der Waals surface area contributed by atoms with Gasteiger partial charge in [0, 0.05) is 24.6 Å². The molecule has 3 rings (SSSR count). The van der Waals surface area contributed by atoms with Gasteiger partial charge in [-0.25, -0.2) is 4.39 Å². The summed E-state index contributed by atoms with van der Waals surface area (Å²) in [5, 5.41) is 31.6. The molecule has 2 aromatic heterocycles. The predicted octanol–water partition coefficient (Wildman–Crippen LogP) is 1.36. The van der Waals surface area contributed by atoms with Crippen molar-refractivity contribution in [3.63, 3.8) is 0 Å². The van der Waals surface area contributed by atoms with Gasteiger partial charge in [0.15, 0.2) is 11.5 Å². The van der Waals surface area contributed by atoms with Crippen molar-refractivity contribution in [3.05, 3.63) is 42.2 Å². The van der Waals surface area contributed by atoms with Crippen molar-refractivity contribution in [1.82, 2.24) is 19.8 Å². The summed E-state index contributed by atoms with van der Waals surface area (Å²) in [6.45, 7) is 1.92. The molecular weight excluding hydrogens is 325 g/mol. The quantitative estimate of drug-likeness (QED) is 0.701. The smallest absolute Gasteiger partial charge is 0.185 e. The van der Waals surface area contributed by atoms with Crippen LogP contribution in [0, 0.1) is 11.2 Å².